The number of ether oxygens (including phenoxy) is 1. The molecular weight excluding hydrogens is 350 g/mol. The molecule has 0 aliphatic carbocycles. The first-order valence-electron chi connectivity index (χ1n) is 8.01. The molecule has 3 rings (SSSR count). The van der Waals surface area contributed by atoms with Crippen LogP contribution in [0.1, 0.15) is 27.0 Å². The van der Waals surface area contributed by atoms with Crippen molar-refractivity contribution in [2.45, 2.75) is 6.92 Å². The monoisotopic (exact) mass is 367 g/mol. The third-order valence-electron chi connectivity index (χ3n) is 3.48. The molecule has 6 nitrogen and oxygen atoms in total. The molecule has 132 valence electrons. The van der Waals surface area contributed by atoms with E-state index >= 15 is 0 Å². The summed E-state index contributed by atoms with van der Waals surface area (Å²) in [7, 11) is 0. The molecular formula is C19H17N3O3S. The number of hydrazine groups is 1. The second-order valence-corrected chi connectivity index (χ2v) is 6.31. The molecule has 0 aliphatic rings. The first-order chi connectivity index (χ1) is 12.7. The van der Waals surface area contributed by atoms with Crippen molar-refractivity contribution in [3.63, 3.8) is 0 Å². The number of rotatable bonds is 5. The molecule has 0 spiro atoms. The molecule has 3 aromatic rings. The highest BCUT2D eigenvalue weighted by Gasteiger charge is 2.19. The summed E-state index contributed by atoms with van der Waals surface area (Å²) in [6.07, 6.45) is 2.99. The van der Waals surface area contributed by atoms with Crippen LogP contribution in [0, 0.1) is 0 Å². The van der Waals surface area contributed by atoms with Crippen LogP contribution in [-0.4, -0.2) is 23.4 Å². The topological polar surface area (TPSA) is 80.3 Å². The highest BCUT2D eigenvalue weighted by molar-refractivity contribution is 7.17. The van der Waals surface area contributed by atoms with Crippen molar-refractivity contribution in [3.8, 4) is 16.2 Å². The van der Waals surface area contributed by atoms with Gasteiger partial charge in [-0.1, -0.05) is 30.3 Å². The lowest BCUT2D eigenvalue weighted by atomic mass is 10.2. The summed E-state index contributed by atoms with van der Waals surface area (Å²) in [5, 5.41) is 0. The van der Waals surface area contributed by atoms with Gasteiger partial charge in [0.25, 0.3) is 11.8 Å². The molecule has 7 heteroatoms. The third kappa shape index (κ3) is 4.07. The number of benzene rings is 1. The number of hydrogen-bond acceptors (Lipinski definition) is 5. The Balaban J connectivity index is 1.75. The Labute approximate surface area is 154 Å². The molecule has 0 atom stereocenters. The van der Waals surface area contributed by atoms with E-state index < -0.39 is 11.8 Å². The van der Waals surface area contributed by atoms with Gasteiger partial charge in [0.2, 0.25) is 0 Å². The molecule has 2 amide bonds. The number of amides is 2. The van der Waals surface area contributed by atoms with Crippen molar-refractivity contribution in [2.75, 3.05) is 6.61 Å². The number of hydrogen-bond donors (Lipinski definition) is 2. The second-order valence-electron chi connectivity index (χ2n) is 5.25. The Bertz CT molecular complexity index is 895. The van der Waals surface area contributed by atoms with Crippen LogP contribution in [-0.2, 0) is 0 Å². The van der Waals surface area contributed by atoms with Gasteiger partial charge in [-0.25, -0.2) is 0 Å². The summed E-state index contributed by atoms with van der Waals surface area (Å²) >= 11 is 1.31. The molecule has 2 heterocycles. The molecule has 0 fully saturated rings. The fourth-order valence-corrected chi connectivity index (χ4v) is 3.28. The van der Waals surface area contributed by atoms with Gasteiger partial charge in [0, 0.05) is 17.3 Å². The highest BCUT2D eigenvalue weighted by Crippen LogP contribution is 2.36. The van der Waals surface area contributed by atoms with E-state index in [1.807, 2.05) is 43.3 Å². The molecule has 2 N–H and O–H groups in total. The molecule has 0 saturated carbocycles. The Morgan fingerprint density at radius 1 is 1.08 bits per heavy atom. The number of nitrogens with one attached hydrogen (secondary N) is 2. The predicted molar refractivity (Wildman–Crippen MR) is 100 cm³/mol. The molecule has 1 aromatic carbocycles. The highest BCUT2D eigenvalue weighted by atomic mass is 32.1. The number of aromatic nitrogens is 1. The van der Waals surface area contributed by atoms with Crippen LogP contribution in [0.4, 0.5) is 0 Å². The van der Waals surface area contributed by atoms with Crippen molar-refractivity contribution < 1.29 is 14.3 Å². The van der Waals surface area contributed by atoms with Crippen LogP contribution >= 0.6 is 11.3 Å². The summed E-state index contributed by atoms with van der Waals surface area (Å²) in [4.78, 5) is 29.7. The summed E-state index contributed by atoms with van der Waals surface area (Å²) in [6, 6.07) is 14.8. The van der Waals surface area contributed by atoms with E-state index in [2.05, 4.69) is 15.8 Å². The Morgan fingerprint density at radius 2 is 1.85 bits per heavy atom. The van der Waals surface area contributed by atoms with Gasteiger partial charge in [0.05, 0.1) is 12.2 Å². The van der Waals surface area contributed by atoms with Gasteiger partial charge < -0.3 is 4.74 Å². The van der Waals surface area contributed by atoms with Crippen molar-refractivity contribution in [2.24, 2.45) is 0 Å². The van der Waals surface area contributed by atoms with Gasteiger partial charge in [-0.15, -0.1) is 11.3 Å². The van der Waals surface area contributed by atoms with Crippen LogP contribution in [0.5, 0.6) is 5.75 Å². The molecule has 0 unspecified atom stereocenters. The summed E-state index contributed by atoms with van der Waals surface area (Å²) in [5.74, 6) is -0.383. The molecule has 2 aromatic heterocycles. The van der Waals surface area contributed by atoms with E-state index in [-0.39, 0.29) is 0 Å². The Morgan fingerprint density at radius 3 is 2.54 bits per heavy atom. The first kappa shape index (κ1) is 17.6. The fraction of sp³-hybridized carbons (Fsp3) is 0.105. The molecule has 0 bridgehead atoms. The second kappa shape index (κ2) is 8.26. The van der Waals surface area contributed by atoms with Gasteiger partial charge in [0.15, 0.2) is 0 Å². The molecule has 0 aliphatic heterocycles. The zero-order valence-electron chi connectivity index (χ0n) is 14.1. The SMILES string of the molecule is CCOc1cc(-c2ccccc2)sc1C(=O)NNC(=O)c1cccnc1. The average molecular weight is 367 g/mol. The Kier molecular flexibility index (Phi) is 5.60. The predicted octanol–water partition coefficient (Wildman–Crippen LogP) is 3.28. The minimum Gasteiger partial charge on any atom is -0.492 e. The zero-order chi connectivity index (χ0) is 18.4. The van der Waals surface area contributed by atoms with Crippen LogP contribution in [0.2, 0.25) is 0 Å². The largest absolute Gasteiger partial charge is 0.492 e. The summed E-state index contributed by atoms with van der Waals surface area (Å²) in [5.41, 5.74) is 6.17. The van der Waals surface area contributed by atoms with Crippen molar-refractivity contribution in [1.82, 2.24) is 15.8 Å². The molecule has 0 saturated heterocycles. The lowest BCUT2D eigenvalue weighted by Gasteiger charge is -2.07. The lowest BCUT2D eigenvalue weighted by molar-refractivity contribution is 0.0846. The van der Waals surface area contributed by atoms with E-state index in [9.17, 15) is 9.59 Å². The van der Waals surface area contributed by atoms with Crippen molar-refractivity contribution in [1.29, 1.82) is 0 Å². The normalized spacial score (nSPS) is 10.2. The maximum atomic E-state index is 12.5. The van der Waals surface area contributed by atoms with Gasteiger partial charge in [-0.3, -0.25) is 25.4 Å². The molecule has 0 radical (unpaired) electrons. The van der Waals surface area contributed by atoms with Gasteiger partial charge in [-0.05, 0) is 30.7 Å². The Hall–Kier alpha value is -3.19. The van der Waals surface area contributed by atoms with Gasteiger partial charge in [-0.2, -0.15) is 0 Å². The van der Waals surface area contributed by atoms with E-state index in [1.54, 1.807) is 18.3 Å². The third-order valence-corrected chi connectivity index (χ3v) is 4.64. The van der Waals surface area contributed by atoms with Gasteiger partial charge >= 0.3 is 0 Å². The minimum atomic E-state index is -0.441. The first-order valence-corrected chi connectivity index (χ1v) is 8.83. The van der Waals surface area contributed by atoms with Gasteiger partial charge in [0.1, 0.15) is 10.6 Å². The summed E-state index contributed by atoms with van der Waals surface area (Å²) < 4.78 is 5.58. The number of carbonyl (C=O) groups excluding carboxylic acids is 2. The van der Waals surface area contributed by atoms with E-state index in [0.717, 1.165) is 10.4 Å². The summed E-state index contributed by atoms with van der Waals surface area (Å²) in [6.45, 7) is 2.29. The number of thiophene rings is 1. The molecule has 26 heavy (non-hydrogen) atoms. The zero-order valence-corrected chi connectivity index (χ0v) is 14.9. The van der Waals surface area contributed by atoms with Crippen LogP contribution < -0.4 is 15.6 Å². The quantitative estimate of drug-likeness (QED) is 0.678. The fourth-order valence-electron chi connectivity index (χ4n) is 2.28. The number of nitrogens with zero attached hydrogens (tertiary/aromatic N) is 1. The van der Waals surface area contributed by atoms with Crippen molar-refractivity contribution in [3.05, 3.63) is 71.4 Å². The maximum Gasteiger partial charge on any atom is 0.283 e. The van der Waals surface area contributed by atoms with Crippen LogP contribution in [0.3, 0.4) is 0 Å². The minimum absolute atomic E-state index is 0.356. The van der Waals surface area contributed by atoms with E-state index in [1.165, 1.54) is 17.5 Å². The number of carbonyl (C=O) groups is 2. The number of pyridine rings is 1. The van der Waals surface area contributed by atoms with E-state index in [0.29, 0.717) is 22.8 Å². The van der Waals surface area contributed by atoms with Crippen molar-refractivity contribution >= 4 is 23.2 Å². The van der Waals surface area contributed by atoms with Crippen LogP contribution in [0.25, 0.3) is 10.4 Å². The van der Waals surface area contributed by atoms with Crippen LogP contribution in [0.15, 0.2) is 60.9 Å². The smallest absolute Gasteiger partial charge is 0.283 e. The average Bonchev–Trinajstić information content (AvgIpc) is 3.11. The lowest BCUT2D eigenvalue weighted by Crippen LogP contribution is -2.41. The maximum absolute atomic E-state index is 12.5. The standard InChI is InChI=1S/C19H17N3O3S/c1-2-25-15-11-16(13-7-4-3-5-8-13)26-17(15)19(24)22-21-18(23)14-9-6-10-20-12-14/h3-12H,2H2,1H3,(H,21,23)(H,22,24). The van der Waals surface area contributed by atoms with E-state index in [4.69, 9.17) is 4.74 Å².